The van der Waals surface area contributed by atoms with E-state index >= 15 is 0 Å². The minimum Gasteiger partial charge on any atom is -0.378 e. The third-order valence-corrected chi connectivity index (χ3v) is 8.30. The molecule has 0 saturated carbocycles. The number of nitrogens with zero attached hydrogens (tertiary/aromatic N) is 4. The Bertz CT molecular complexity index is 1630. The number of para-hydroxylation sites is 1. The summed E-state index contributed by atoms with van der Waals surface area (Å²) in [6.07, 6.45) is 3.28. The van der Waals surface area contributed by atoms with Crippen molar-refractivity contribution in [2.75, 3.05) is 31.2 Å². The van der Waals surface area contributed by atoms with Gasteiger partial charge in [0, 0.05) is 18.8 Å². The van der Waals surface area contributed by atoms with Crippen LogP contribution in [0, 0.1) is 6.92 Å². The van der Waals surface area contributed by atoms with Crippen molar-refractivity contribution in [2.24, 2.45) is 0 Å². The average Bonchev–Trinajstić information content (AvgIpc) is 3.56. The molecule has 1 fully saturated rings. The van der Waals surface area contributed by atoms with E-state index < -0.39 is 0 Å². The van der Waals surface area contributed by atoms with Gasteiger partial charge in [0.2, 0.25) is 0 Å². The topological polar surface area (TPSA) is 43.2 Å². The largest absolute Gasteiger partial charge is 0.378 e. The minimum absolute atomic E-state index is 0.114. The van der Waals surface area contributed by atoms with Crippen LogP contribution in [0.2, 0.25) is 0 Å². The Labute approximate surface area is 271 Å². The summed E-state index contributed by atoms with van der Waals surface area (Å²) in [6, 6.07) is 30.0. The lowest BCUT2D eigenvalue weighted by atomic mass is 9.84. The van der Waals surface area contributed by atoms with Gasteiger partial charge in [-0.1, -0.05) is 128 Å². The average molecular weight is 605 g/mol. The number of anilines is 1. The van der Waals surface area contributed by atoms with Crippen LogP contribution in [0.15, 0.2) is 97.6 Å². The molecule has 5 heteroatoms. The lowest BCUT2D eigenvalue weighted by Crippen LogP contribution is -2.36. The molecule has 0 N–H and O–H groups in total. The van der Waals surface area contributed by atoms with Gasteiger partial charge in [-0.15, -0.1) is 0 Å². The van der Waals surface area contributed by atoms with Gasteiger partial charge >= 0.3 is 0 Å². The minimum atomic E-state index is 0.114. The van der Waals surface area contributed by atoms with Crippen molar-refractivity contribution in [1.82, 2.24) is 14.8 Å². The van der Waals surface area contributed by atoms with Gasteiger partial charge in [-0.3, -0.25) is 0 Å². The van der Waals surface area contributed by atoms with Crippen LogP contribution in [0.5, 0.6) is 0 Å². The zero-order valence-corrected chi connectivity index (χ0v) is 28.8. The van der Waals surface area contributed by atoms with Crippen LogP contribution in [-0.4, -0.2) is 41.1 Å². The van der Waals surface area contributed by atoms with Gasteiger partial charge in [-0.2, -0.15) is 5.10 Å². The van der Waals surface area contributed by atoms with Crippen molar-refractivity contribution in [3.8, 4) is 5.69 Å². The van der Waals surface area contributed by atoms with Gasteiger partial charge in [0.05, 0.1) is 18.9 Å². The van der Waals surface area contributed by atoms with E-state index in [1.165, 1.54) is 38.7 Å². The summed E-state index contributed by atoms with van der Waals surface area (Å²) in [5.74, 6) is 0.598. The van der Waals surface area contributed by atoms with Crippen molar-refractivity contribution >= 4 is 16.5 Å². The molecule has 6 rings (SSSR count). The SMILES string of the molecule is CC(C)(C)c1cccc2ccccc12.CC(C)(C)c1ccccc1-n1cncn1.Cc1c(C(C)C)cccc1N1CCOCC1. The van der Waals surface area contributed by atoms with E-state index in [-0.39, 0.29) is 10.8 Å². The van der Waals surface area contributed by atoms with Gasteiger partial charge in [0.25, 0.3) is 0 Å². The second-order valence-corrected chi connectivity index (χ2v) is 14.1. The van der Waals surface area contributed by atoms with E-state index in [0.717, 1.165) is 32.0 Å². The zero-order valence-electron chi connectivity index (χ0n) is 28.8. The lowest BCUT2D eigenvalue weighted by Gasteiger charge is -2.31. The Hall–Kier alpha value is -3.96. The van der Waals surface area contributed by atoms with Crippen LogP contribution >= 0.6 is 0 Å². The summed E-state index contributed by atoms with van der Waals surface area (Å²) in [4.78, 5) is 6.41. The van der Waals surface area contributed by atoms with Crippen LogP contribution in [-0.2, 0) is 15.6 Å². The molecular weight excluding hydrogens is 552 g/mol. The van der Waals surface area contributed by atoms with Crippen LogP contribution in [0.1, 0.15) is 83.6 Å². The molecule has 0 atom stereocenters. The van der Waals surface area contributed by atoms with Crippen LogP contribution in [0.3, 0.4) is 0 Å². The zero-order chi connectivity index (χ0) is 32.6. The first-order chi connectivity index (χ1) is 21.4. The van der Waals surface area contributed by atoms with Gasteiger partial charge in [-0.25, -0.2) is 9.67 Å². The van der Waals surface area contributed by atoms with Crippen molar-refractivity contribution in [3.63, 3.8) is 0 Å². The van der Waals surface area contributed by atoms with Crippen molar-refractivity contribution < 1.29 is 4.74 Å². The Kier molecular flexibility index (Phi) is 11.2. The monoisotopic (exact) mass is 604 g/mol. The molecule has 0 aliphatic carbocycles. The normalized spacial score (nSPS) is 13.6. The Morgan fingerprint density at radius 3 is 1.91 bits per heavy atom. The van der Waals surface area contributed by atoms with E-state index in [9.17, 15) is 0 Å². The van der Waals surface area contributed by atoms with E-state index in [2.05, 4.69) is 156 Å². The maximum atomic E-state index is 5.40. The number of hydrogen-bond acceptors (Lipinski definition) is 4. The standard InChI is InChI=1S/C14H21NO.C14H16.C12H15N3/c1-11(2)13-5-4-6-14(12(13)3)15-7-9-16-10-8-15;1-14(2,3)13-10-6-8-11-7-4-5-9-12(11)13;1-12(2,3)10-6-4-5-7-11(10)15-9-13-8-14-15/h4-6,11H,7-10H2,1-3H3;4-10H,1-3H3;4-9H,1-3H3. The second-order valence-electron chi connectivity index (χ2n) is 14.1. The van der Waals surface area contributed by atoms with Gasteiger partial charge < -0.3 is 9.64 Å². The first kappa shape index (κ1) is 33.9. The summed E-state index contributed by atoms with van der Waals surface area (Å²) in [7, 11) is 0. The van der Waals surface area contributed by atoms with E-state index in [0.29, 0.717) is 5.92 Å². The molecule has 4 aromatic carbocycles. The molecule has 0 unspecified atom stereocenters. The smallest absolute Gasteiger partial charge is 0.138 e. The van der Waals surface area contributed by atoms with Crippen LogP contribution < -0.4 is 4.90 Å². The summed E-state index contributed by atoms with van der Waals surface area (Å²) < 4.78 is 7.20. The Balaban J connectivity index is 0.000000154. The van der Waals surface area contributed by atoms with Gasteiger partial charge in [0.15, 0.2) is 0 Å². The molecule has 1 aromatic heterocycles. The number of hydrogen-bond donors (Lipinski definition) is 0. The van der Waals surface area contributed by atoms with Crippen molar-refractivity contribution in [1.29, 1.82) is 0 Å². The van der Waals surface area contributed by atoms with E-state index in [1.807, 2.05) is 6.07 Å². The number of benzene rings is 4. The Morgan fingerprint density at radius 2 is 1.27 bits per heavy atom. The fourth-order valence-corrected chi connectivity index (χ4v) is 5.93. The highest BCUT2D eigenvalue weighted by Gasteiger charge is 2.19. The number of ether oxygens (including phenoxy) is 1. The molecule has 0 bridgehead atoms. The second kappa shape index (κ2) is 14.9. The molecule has 1 aliphatic heterocycles. The number of rotatable bonds is 3. The van der Waals surface area contributed by atoms with Crippen LogP contribution in [0.25, 0.3) is 16.5 Å². The lowest BCUT2D eigenvalue weighted by molar-refractivity contribution is 0.122. The fourth-order valence-electron chi connectivity index (χ4n) is 5.93. The third-order valence-electron chi connectivity index (χ3n) is 8.30. The first-order valence-electron chi connectivity index (χ1n) is 16.2. The van der Waals surface area contributed by atoms with Crippen LogP contribution in [0.4, 0.5) is 5.69 Å². The molecule has 2 heterocycles. The highest BCUT2D eigenvalue weighted by atomic mass is 16.5. The fraction of sp³-hybridized carbons (Fsp3) is 0.400. The quantitative estimate of drug-likeness (QED) is 0.206. The maximum Gasteiger partial charge on any atom is 0.138 e. The predicted molar refractivity (Wildman–Crippen MR) is 191 cm³/mol. The molecular formula is C40H52N4O. The Morgan fingerprint density at radius 1 is 0.689 bits per heavy atom. The molecule has 5 aromatic rings. The third kappa shape index (κ3) is 8.82. The van der Waals surface area contributed by atoms with Gasteiger partial charge in [-0.05, 0) is 68.8 Å². The number of aromatic nitrogens is 3. The maximum absolute atomic E-state index is 5.40. The highest BCUT2D eigenvalue weighted by molar-refractivity contribution is 5.86. The summed E-state index contributed by atoms with van der Waals surface area (Å²) in [5, 5.41) is 6.88. The first-order valence-corrected chi connectivity index (χ1v) is 16.2. The molecule has 0 spiro atoms. The molecule has 238 valence electrons. The molecule has 1 aliphatic rings. The predicted octanol–water partition coefficient (Wildman–Crippen LogP) is 9.66. The van der Waals surface area contributed by atoms with E-state index in [4.69, 9.17) is 4.74 Å². The van der Waals surface area contributed by atoms with Gasteiger partial charge in [0.1, 0.15) is 12.7 Å². The molecule has 0 radical (unpaired) electrons. The summed E-state index contributed by atoms with van der Waals surface area (Å²) >= 11 is 0. The van der Waals surface area contributed by atoms with Crippen molar-refractivity contribution in [2.45, 2.75) is 79.1 Å². The highest BCUT2D eigenvalue weighted by Crippen LogP contribution is 2.30. The summed E-state index contributed by atoms with van der Waals surface area (Å²) in [6.45, 7) is 23.9. The molecule has 45 heavy (non-hydrogen) atoms. The number of morpholine rings is 1. The van der Waals surface area contributed by atoms with Crippen molar-refractivity contribution in [3.05, 3.63) is 120 Å². The molecule has 1 saturated heterocycles. The van der Waals surface area contributed by atoms with E-state index in [1.54, 1.807) is 17.3 Å². The molecule has 0 amide bonds. The summed E-state index contributed by atoms with van der Waals surface area (Å²) in [5.41, 5.74) is 8.41. The number of fused-ring (bicyclic) bond motifs is 1. The molecule has 5 nitrogen and oxygen atoms in total.